The highest BCUT2D eigenvalue weighted by atomic mass is 32.1. The van der Waals surface area contributed by atoms with Gasteiger partial charge in [0.05, 0.1) is 16.8 Å². The number of rotatable bonds is 8. The molecule has 3 heterocycles. The normalized spacial score (nSPS) is 18.7. The molecule has 1 aliphatic carbocycles. The number of nitrogens with zero attached hydrogens (tertiary/aromatic N) is 4. The zero-order valence-corrected chi connectivity index (χ0v) is 21.4. The number of thiazole rings is 1. The maximum atomic E-state index is 13.1. The maximum absolute atomic E-state index is 13.1. The van der Waals surface area contributed by atoms with Crippen LogP contribution < -0.4 is 10.1 Å². The van der Waals surface area contributed by atoms with Crippen molar-refractivity contribution in [3.8, 4) is 5.19 Å². The van der Waals surface area contributed by atoms with Crippen molar-refractivity contribution < 1.29 is 18.3 Å². The van der Waals surface area contributed by atoms with E-state index in [9.17, 15) is 13.6 Å². The van der Waals surface area contributed by atoms with E-state index >= 15 is 0 Å². The number of fused-ring (bicyclic) bond motifs is 2. The quantitative estimate of drug-likeness (QED) is 0.440. The Morgan fingerprint density at radius 2 is 2.19 bits per heavy atom. The lowest BCUT2D eigenvalue weighted by Crippen LogP contribution is -2.36. The number of benzene rings is 1. The summed E-state index contributed by atoms with van der Waals surface area (Å²) in [6.07, 6.45) is 8.75. The standard InChI is InChI=1S/C26H31F2N5O2S/c1-26(27,28)16-35-25-30-22-15-33(13-11-23(22)36-25)12-10-17-6-8-18(9-7-17)29-24(34)19-4-3-5-21-20(19)14-32(2)31-21/h3-6,14,18H,7-13,15-16H2,1-2H3,(H,29,34). The van der Waals surface area contributed by atoms with Crippen LogP contribution in [-0.2, 0) is 20.0 Å². The molecule has 1 aromatic carbocycles. The van der Waals surface area contributed by atoms with Crippen LogP contribution in [-0.4, -0.2) is 57.2 Å². The number of halogens is 2. The Hall–Kier alpha value is -2.85. The average Bonchev–Trinajstić information content (AvgIpc) is 3.43. The fourth-order valence-corrected chi connectivity index (χ4v) is 5.75. The lowest BCUT2D eigenvalue weighted by atomic mass is 9.92. The zero-order chi connectivity index (χ0) is 25.3. The van der Waals surface area contributed by atoms with Gasteiger partial charge in [0.2, 0.25) is 0 Å². The average molecular weight is 516 g/mol. The Labute approximate surface area is 213 Å². The highest BCUT2D eigenvalue weighted by molar-refractivity contribution is 7.13. The highest BCUT2D eigenvalue weighted by Gasteiger charge is 2.26. The number of alkyl halides is 2. The van der Waals surface area contributed by atoms with Crippen molar-refractivity contribution in [1.29, 1.82) is 0 Å². The fourth-order valence-electron chi connectivity index (χ4n) is 4.84. The summed E-state index contributed by atoms with van der Waals surface area (Å²) in [5, 5.41) is 8.80. The number of amides is 1. The zero-order valence-electron chi connectivity index (χ0n) is 20.6. The van der Waals surface area contributed by atoms with Gasteiger partial charge in [0.1, 0.15) is 0 Å². The Balaban J connectivity index is 1.09. The minimum absolute atomic E-state index is 0.0474. The third-order valence-electron chi connectivity index (χ3n) is 6.73. The molecular weight excluding hydrogens is 484 g/mol. The Morgan fingerprint density at radius 3 is 2.97 bits per heavy atom. The number of hydrogen-bond acceptors (Lipinski definition) is 6. The van der Waals surface area contributed by atoms with Crippen LogP contribution in [0.2, 0.25) is 0 Å². The molecule has 0 spiro atoms. The van der Waals surface area contributed by atoms with Crippen LogP contribution >= 0.6 is 11.3 Å². The molecule has 0 saturated heterocycles. The first-order chi connectivity index (χ1) is 17.2. The third kappa shape index (κ3) is 5.92. The Kier molecular flexibility index (Phi) is 7.07. The summed E-state index contributed by atoms with van der Waals surface area (Å²) in [5.41, 5.74) is 3.86. The van der Waals surface area contributed by atoms with Gasteiger partial charge in [0, 0.05) is 56.1 Å². The molecule has 5 rings (SSSR count). The van der Waals surface area contributed by atoms with Gasteiger partial charge in [0.15, 0.2) is 6.61 Å². The molecule has 0 bridgehead atoms. The molecule has 0 saturated carbocycles. The molecular formula is C26H31F2N5O2S. The monoisotopic (exact) mass is 515 g/mol. The summed E-state index contributed by atoms with van der Waals surface area (Å²) in [7, 11) is 1.86. The molecule has 1 aliphatic heterocycles. The van der Waals surface area contributed by atoms with E-state index in [0.717, 1.165) is 80.1 Å². The highest BCUT2D eigenvalue weighted by Crippen LogP contribution is 2.31. The van der Waals surface area contributed by atoms with Crippen LogP contribution in [0, 0.1) is 0 Å². The van der Waals surface area contributed by atoms with Crippen molar-refractivity contribution in [2.45, 2.75) is 57.5 Å². The molecule has 1 unspecified atom stereocenters. The van der Waals surface area contributed by atoms with Crippen molar-refractivity contribution in [2.75, 3.05) is 19.7 Å². The summed E-state index contributed by atoms with van der Waals surface area (Å²) < 4.78 is 33.1. The Bertz CT molecular complexity index is 1280. The van der Waals surface area contributed by atoms with Gasteiger partial charge in [-0.1, -0.05) is 29.1 Å². The maximum Gasteiger partial charge on any atom is 0.278 e. The topological polar surface area (TPSA) is 72.3 Å². The molecule has 1 N–H and O–H groups in total. The number of aryl methyl sites for hydroxylation is 1. The van der Waals surface area contributed by atoms with Crippen LogP contribution in [0.1, 0.15) is 53.5 Å². The summed E-state index contributed by atoms with van der Waals surface area (Å²) >= 11 is 1.39. The molecule has 192 valence electrons. The van der Waals surface area contributed by atoms with E-state index in [4.69, 9.17) is 4.74 Å². The van der Waals surface area contributed by atoms with E-state index < -0.39 is 12.5 Å². The molecule has 10 heteroatoms. The van der Waals surface area contributed by atoms with Crippen LogP contribution in [0.3, 0.4) is 0 Å². The smallest absolute Gasteiger partial charge is 0.278 e. The van der Waals surface area contributed by atoms with Crippen LogP contribution in [0.4, 0.5) is 8.78 Å². The predicted molar refractivity (Wildman–Crippen MR) is 136 cm³/mol. The molecule has 1 atom stereocenters. The first-order valence-electron chi connectivity index (χ1n) is 12.4. The first-order valence-corrected chi connectivity index (χ1v) is 13.2. The summed E-state index contributed by atoms with van der Waals surface area (Å²) in [5.74, 6) is -2.91. The number of nitrogens with one attached hydrogen (secondary N) is 1. The van der Waals surface area contributed by atoms with Crippen LogP contribution in [0.5, 0.6) is 5.19 Å². The molecule has 2 aliphatic rings. The second kappa shape index (κ2) is 10.3. The van der Waals surface area contributed by atoms with Crippen molar-refractivity contribution in [3.05, 3.63) is 52.2 Å². The molecule has 2 aromatic heterocycles. The van der Waals surface area contributed by atoms with Crippen molar-refractivity contribution in [2.24, 2.45) is 7.05 Å². The predicted octanol–water partition coefficient (Wildman–Crippen LogP) is 4.72. The van der Waals surface area contributed by atoms with E-state index in [1.54, 1.807) is 4.68 Å². The van der Waals surface area contributed by atoms with E-state index in [0.29, 0.717) is 10.8 Å². The van der Waals surface area contributed by atoms with Crippen molar-refractivity contribution in [1.82, 2.24) is 25.0 Å². The second-order valence-electron chi connectivity index (χ2n) is 9.83. The van der Waals surface area contributed by atoms with Gasteiger partial charge in [0.25, 0.3) is 17.0 Å². The van der Waals surface area contributed by atoms with Gasteiger partial charge in [-0.15, -0.1) is 0 Å². The van der Waals surface area contributed by atoms with E-state index in [1.165, 1.54) is 16.9 Å². The number of aromatic nitrogens is 3. The van der Waals surface area contributed by atoms with Gasteiger partial charge in [-0.25, -0.2) is 13.8 Å². The number of carbonyl (C=O) groups excluding carboxylic acids is 1. The third-order valence-corrected chi connectivity index (χ3v) is 7.80. The fraction of sp³-hybridized carbons (Fsp3) is 0.500. The molecule has 0 radical (unpaired) electrons. The summed E-state index contributed by atoms with van der Waals surface area (Å²) in [6, 6.07) is 5.77. The van der Waals surface area contributed by atoms with Gasteiger partial charge in [-0.3, -0.25) is 14.4 Å². The lowest BCUT2D eigenvalue weighted by molar-refractivity contribution is -0.0230. The molecule has 36 heavy (non-hydrogen) atoms. The largest absolute Gasteiger partial charge is 0.464 e. The van der Waals surface area contributed by atoms with Crippen molar-refractivity contribution >= 4 is 28.1 Å². The molecule has 0 fully saturated rings. The molecule has 3 aromatic rings. The van der Waals surface area contributed by atoms with Gasteiger partial charge in [-0.2, -0.15) is 5.10 Å². The summed E-state index contributed by atoms with van der Waals surface area (Å²) in [4.78, 5) is 20.9. The van der Waals surface area contributed by atoms with Crippen LogP contribution in [0.25, 0.3) is 10.9 Å². The Morgan fingerprint density at radius 1 is 1.33 bits per heavy atom. The minimum Gasteiger partial charge on any atom is -0.464 e. The molecule has 1 amide bonds. The van der Waals surface area contributed by atoms with Gasteiger partial charge in [-0.05, 0) is 44.2 Å². The van der Waals surface area contributed by atoms with Gasteiger partial charge >= 0.3 is 0 Å². The molecule has 7 nitrogen and oxygen atoms in total. The second-order valence-corrected chi connectivity index (χ2v) is 10.9. The first kappa shape index (κ1) is 24.8. The SMILES string of the molecule is Cn1cc2c(C(=O)NC3CC=C(CCN4CCc5sc(OCC(C)(F)F)nc5C4)CC3)cccc2n1. The van der Waals surface area contributed by atoms with Gasteiger partial charge < -0.3 is 10.1 Å². The van der Waals surface area contributed by atoms with Crippen LogP contribution in [0.15, 0.2) is 36.0 Å². The van der Waals surface area contributed by atoms with E-state index in [2.05, 4.69) is 26.4 Å². The minimum atomic E-state index is -2.86. The van der Waals surface area contributed by atoms with Crippen molar-refractivity contribution in [3.63, 3.8) is 0 Å². The van der Waals surface area contributed by atoms with E-state index in [1.807, 2.05) is 31.4 Å². The van der Waals surface area contributed by atoms with E-state index in [-0.39, 0.29) is 11.9 Å². The summed E-state index contributed by atoms with van der Waals surface area (Å²) in [6.45, 7) is 2.80. The lowest BCUT2D eigenvalue weighted by Gasteiger charge is -2.28. The number of hydrogen-bond donors (Lipinski definition) is 1. The number of ether oxygens (including phenoxy) is 1. The number of carbonyl (C=O) groups is 1.